The Morgan fingerprint density at radius 3 is 2.73 bits per heavy atom. The molecule has 0 atom stereocenters. The van der Waals surface area contributed by atoms with Crippen LogP contribution in [0.15, 0.2) is 36.5 Å². The van der Waals surface area contributed by atoms with Crippen molar-refractivity contribution in [2.75, 3.05) is 43.0 Å². The average molecular weight is 429 g/mol. The van der Waals surface area contributed by atoms with E-state index in [1.54, 1.807) is 6.20 Å². The van der Waals surface area contributed by atoms with Crippen LogP contribution >= 0.6 is 11.6 Å². The summed E-state index contributed by atoms with van der Waals surface area (Å²) in [5.74, 6) is 1.89. The van der Waals surface area contributed by atoms with Gasteiger partial charge in [0.15, 0.2) is 0 Å². The fourth-order valence-corrected chi connectivity index (χ4v) is 3.87. The van der Waals surface area contributed by atoms with Gasteiger partial charge in [0.2, 0.25) is 11.8 Å². The minimum Gasteiger partial charge on any atom is -0.494 e. The van der Waals surface area contributed by atoms with Crippen molar-refractivity contribution < 1.29 is 14.3 Å². The van der Waals surface area contributed by atoms with E-state index >= 15 is 0 Å². The summed E-state index contributed by atoms with van der Waals surface area (Å²) in [6, 6.07) is 9.45. The predicted octanol–water partition coefficient (Wildman–Crippen LogP) is 3.13. The van der Waals surface area contributed by atoms with Crippen LogP contribution in [0.2, 0.25) is 5.02 Å². The molecule has 1 N–H and O–H groups in total. The maximum absolute atomic E-state index is 12.5. The lowest BCUT2D eigenvalue weighted by atomic mass is 10.0. The number of benzene rings is 1. The van der Waals surface area contributed by atoms with Crippen LogP contribution in [0, 0.1) is 0 Å². The number of hydrogen-bond acceptors (Lipinski definition) is 5. The summed E-state index contributed by atoms with van der Waals surface area (Å²) in [4.78, 5) is 32.4. The van der Waals surface area contributed by atoms with Crippen molar-refractivity contribution in [2.45, 2.75) is 25.7 Å². The molecular weight excluding hydrogens is 404 g/mol. The van der Waals surface area contributed by atoms with Crippen LogP contribution in [0.25, 0.3) is 0 Å². The summed E-state index contributed by atoms with van der Waals surface area (Å²) in [5.41, 5.74) is 1.96. The first-order chi connectivity index (χ1) is 14.6. The number of carbonyl (C=O) groups excluding carboxylic acids is 2. The van der Waals surface area contributed by atoms with E-state index in [1.807, 2.05) is 35.2 Å². The molecule has 0 unspecified atom stereocenters. The highest BCUT2D eigenvalue weighted by molar-refractivity contribution is 6.30. The monoisotopic (exact) mass is 428 g/mol. The predicted molar refractivity (Wildman–Crippen MR) is 116 cm³/mol. The van der Waals surface area contributed by atoms with Crippen molar-refractivity contribution in [2.24, 2.45) is 0 Å². The van der Waals surface area contributed by atoms with Gasteiger partial charge < -0.3 is 19.9 Å². The van der Waals surface area contributed by atoms with Gasteiger partial charge in [-0.2, -0.15) is 0 Å². The highest BCUT2D eigenvalue weighted by Crippen LogP contribution is 2.27. The van der Waals surface area contributed by atoms with E-state index in [-0.39, 0.29) is 11.8 Å². The molecule has 7 nitrogen and oxygen atoms in total. The smallest absolute Gasteiger partial charge is 0.224 e. The molecule has 1 saturated heterocycles. The second-order valence-corrected chi connectivity index (χ2v) is 7.96. The molecule has 3 heterocycles. The molecule has 158 valence electrons. The summed E-state index contributed by atoms with van der Waals surface area (Å²) >= 11 is 5.89. The van der Waals surface area contributed by atoms with Crippen LogP contribution in [-0.4, -0.2) is 54.5 Å². The van der Waals surface area contributed by atoms with Gasteiger partial charge in [0, 0.05) is 50.9 Å². The van der Waals surface area contributed by atoms with Gasteiger partial charge in [-0.15, -0.1) is 0 Å². The number of anilines is 2. The quantitative estimate of drug-likeness (QED) is 0.715. The summed E-state index contributed by atoms with van der Waals surface area (Å²) in [7, 11) is 0. The van der Waals surface area contributed by atoms with Crippen LogP contribution in [0.1, 0.15) is 24.8 Å². The zero-order valence-electron chi connectivity index (χ0n) is 16.8. The van der Waals surface area contributed by atoms with E-state index in [0.29, 0.717) is 44.0 Å². The number of pyridine rings is 1. The average Bonchev–Trinajstić information content (AvgIpc) is 2.77. The Morgan fingerprint density at radius 1 is 1.13 bits per heavy atom. The number of aromatic nitrogens is 1. The molecule has 0 spiro atoms. The SMILES string of the molecule is O=C1CCc2cc(OCCCC(=O)N3CCN(c4ccc(Cl)cn4)CC3)ccc2N1. The molecule has 30 heavy (non-hydrogen) atoms. The fraction of sp³-hybridized carbons (Fsp3) is 0.409. The van der Waals surface area contributed by atoms with Crippen molar-refractivity contribution >= 4 is 34.9 Å². The summed E-state index contributed by atoms with van der Waals surface area (Å²) in [5, 5.41) is 3.49. The fourth-order valence-electron chi connectivity index (χ4n) is 3.76. The molecule has 2 aliphatic rings. The lowest BCUT2D eigenvalue weighted by Crippen LogP contribution is -2.49. The normalized spacial score (nSPS) is 16.1. The topological polar surface area (TPSA) is 74.8 Å². The Bertz CT molecular complexity index is 911. The number of nitrogens with one attached hydrogen (secondary N) is 1. The van der Waals surface area contributed by atoms with Crippen LogP contribution in [-0.2, 0) is 16.0 Å². The summed E-state index contributed by atoms with van der Waals surface area (Å²) < 4.78 is 5.81. The van der Waals surface area contributed by atoms with Gasteiger partial charge in [-0.3, -0.25) is 9.59 Å². The van der Waals surface area contributed by atoms with E-state index in [1.165, 1.54) is 0 Å². The Balaban J connectivity index is 1.18. The number of ether oxygens (including phenoxy) is 1. The first-order valence-corrected chi connectivity index (χ1v) is 10.7. The van der Waals surface area contributed by atoms with Gasteiger partial charge in [-0.25, -0.2) is 4.98 Å². The number of aryl methyl sites for hydroxylation is 1. The van der Waals surface area contributed by atoms with Crippen molar-refractivity contribution in [1.82, 2.24) is 9.88 Å². The second kappa shape index (κ2) is 9.34. The number of carbonyl (C=O) groups is 2. The van der Waals surface area contributed by atoms with Gasteiger partial charge in [-0.1, -0.05) is 11.6 Å². The molecule has 2 aromatic rings. The maximum Gasteiger partial charge on any atom is 0.224 e. The molecule has 8 heteroatoms. The van der Waals surface area contributed by atoms with Crippen molar-refractivity contribution in [3.8, 4) is 5.75 Å². The molecule has 0 bridgehead atoms. The van der Waals surface area contributed by atoms with Crippen molar-refractivity contribution in [1.29, 1.82) is 0 Å². The lowest BCUT2D eigenvalue weighted by molar-refractivity contribution is -0.131. The molecule has 1 aromatic carbocycles. The highest BCUT2D eigenvalue weighted by atomic mass is 35.5. The molecule has 0 aliphatic carbocycles. The zero-order chi connectivity index (χ0) is 20.9. The van der Waals surface area contributed by atoms with E-state index in [0.717, 1.165) is 42.3 Å². The third-order valence-corrected chi connectivity index (χ3v) is 5.67. The standard InChI is InChI=1S/C22H25ClN4O3/c23-17-4-7-20(24-15-17)26-9-11-27(12-10-26)22(29)2-1-13-30-18-5-6-19-16(14-18)3-8-21(28)25-19/h4-7,14-15H,1-3,8-13H2,(H,25,28). The van der Waals surface area contributed by atoms with E-state index in [4.69, 9.17) is 16.3 Å². The minimum absolute atomic E-state index is 0.0555. The molecule has 0 saturated carbocycles. The van der Waals surface area contributed by atoms with Gasteiger partial charge in [0.1, 0.15) is 11.6 Å². The minimum atomic E-state index is 0.0555. The third-order valence-electron chi connectivity index (χ3n) is 5.44. The van der Waals surface area contributed by atoms with Crippen molar-refractivity contribution in [3.05, 3.63) is 47.1 Å². The second-order valence-electron chi connectivity index (χ2n) is 7.52. The first kappa shape index (κ1) is 20.5. The molecular formula is C22H25ClN4O3. The van der Waals surface area contributed by atoms with Crippen LogP contribution in [0.4, 0.5) is 11.5 Å². The van der Waals surface area contributed by atoms with Gasteiger partial charge in [0.05, 0.1) is 11.6 Å². The van der Waals surface area contributed by atoms with Gasteiger partial charge >= 0.3 is 0 Å². The Hall–Kier alpha value is -2.80. The van der Waals surface area contributed by atoms with Crippen LogP contribution in [0.3, 0.4) is 0 Å². The molecule has 0 radical (unpaired) electrons. The van der Waals surface area contributed by atoms with E-state index < -0.39 is 0 Å². The number of nitrogens with zero attached hydrogens (tertiary/aromatic N) is 3. The van der Waals surface area contributed by atoms with E-state index in [9.17, 15) is 9.59 Å². The van der Waals surface area contributed by atoms with Crippen LogP contribution in [0.5, 0.6) is 5.75 Å². The zero-order valence-corrected chi connectivity index (χ0v) is 17.5. The maximum atomic E-state index is 12.5. The molecule has 1 aromatic heterocycles. The molecule has 1 fully saturated rings. The molecule has 4 rings (SSSR count). The summed E-state index contributed by atoms with van der Waals surface area (Å²) in [6.45, 7) is 3.41. The van der Waals surface area contributed by atoms with E-state index in [2.05, 4.69) is 15.2 Å². The number of amides is 2. The van der Waals surface area contributed by atoms with Crippen molar-refractivity contribution in [3.63, 3.8) is 0 Å². The van der Waals surface area contributed by atoms with Gasteiger partial charge in [-0.05, 0) is 48.7 Å². The number of hydrogen-bond donors (Lipinski definition) is 1. The van der Waals surface area contributed by atoms with Crippen LogP contribution < -0.4 is 15.0 Å². The Labute approximate surface area is 181 Å². The molecule has 2 aliphatic heterocycles. The molecule has 2 amide bonds. The number of piperazine rings is 1. The lowest BCUT2D eigenvalue weighted by Gasteiger charge is -2.35. The Morgan fingerprint density at radius 2 is 1.97 bits per heavy atom. The summed E-state index contributed by atoms with van der Waals surface area (Å²) in [6.07, 6.45) is 4.03. The first-order valence-electron chi connectivity index (χ1n) is 10.3. The number of rotatable bonds is 6. The third kappa shape index (κ3) is 5.02. The largest absolute Gasteiger partial charge is 0.494 e. The number of halogens is 1. The Kier molecular flexibility index (Phi) is 6.38. The highest BCUT2D eigenvalue weighted by Gasteiger charge is 2.21. The number of fused-ring (bicyclic) bond motifs is 1. The van der Waals surface area contributed by atoms with Gasteiger partial charge in [0.25, 0.3) is 0 Å².